The number of fused-ring (bicyclic) bond motifs is 2. The van der Waals surface area contributed by atoms with Gasteiger partial charge in [-0.2, -0.15) is 0 Å². The van der Waals surface area contributed by atoms with Crippen molar-refractivity contribution in [3.63, 3.8) is 0 Å². The van der Waals surface area contributed by atoms with Crippen LogP contribution in [0.5, 0.6) is 0 Å². The highest BCUT2D eigenvalue weighted by molar-refractivity contribution is 5.68. The van der Waals surface area contributed by atoms with Crippen LogP contribution in [0.2, 0.25) is 0 Å². The summed E-state index contributed by atoms with van der Waals surface area (Å²) in [5.74, 6) is 0. The molecule has 0 spiro atoms. The predicted molar refractivity (Wildman–Crippen MR) is 54.5 cm³/mol. The number of carbonyl (C=O) groups is 1. The molecular formula is C10H18N2O3. The Bertz CT molecular complexity index is 250. The van der Waals surface area contributed by atoms with Gasteiger partial charge in [-0.3, -0.25) is 5.32 Å². The number of nitrogens with zero attached hydrogens (tertiary/aromatic N) is 1. The molecule has 0 aromatic heterocycles. The first-order valence-electron chi connectivity index (χ1n) is 5.29. The lowest BCUT2D eigenvalue weighted by Gasteiger charge is -2.32. The van der Waals surface area contributed by atoms with Gasteiger partial charge in [-0.1, -0.05) is 0 Å². The lowest BCUT2D eigenvalue weighted by atomic mass is 10.2. The van der Waals surface area contributed by atoms with Crippen LogP contribution in [0, 0.1) is 0 Å². The maximum atomic E-state index is 11.8. The number of ether oxygens (including phenoxy) is 2. The standard InChI is InChI=1S/C10H18N2O3/c1-10(2,3)15-9(13)12-4-7-6-14-8(5-12)11-7/h7-8,11H,4-6H2,1-3H3. The Balaban J connectivity index is 1.91. The molecule has 2 aliphatic rings. The molecule has 2 bridgehead atoms. The van der Waals surface area contributed by atoms with Crippen molar-refractivity contribution in [1.29, 1.82) is 0 Å². The van der Waals surface area contributed by atoms with Gasteiger partial charge in [0.15, 0.2) is 0 Å². The first kappa shape index (κ1) is 10.7. The molecule has 2 fully saturated rings. The van der Waals surface area contributed by atoms with Gasteiger partial charge in [0.1, 0.15) is 11.8 Å². The van der Waals surface area contributed by atoms with Gasteiger partial charge in [0, 0.05) is 6.54 Å². The number of carbonyl (C=O) groups excluding carboxylic acids is 1. The normalized spacial score (nSPS) is 30.5. The summed E-state index contributed by atoms with van der Waals surface area (Å²) in [5.41, 5.74) is -0.429. The molecule has 2 saturated heterocycles. The molecule has 1 N–H and O–H groups in total. The highest BCUT2D eigenvalue weighted by atomic mass is 16.6. The number of rotatable bonds is 0. The van der Waals surface area contributed by atoms with Crippen LogP contribution >= 0.6 is 0 Å². The second-order valence-corrected chi connectivity index (χ2v) is 5.07. The fourth-order valence-corrected chi connectivity index (χ4v) is 1.82. The smallest absolute Gasteiger partial charge is 0.410 e. The molecule has 0 radical (unpaired) electrons. The molecule has 86 valence electrons. The Morgan fingerprint density at radius 2 is 2.20 bits per heavy atom. The minimum absolute atomic E-state index is 0.0173. The third-order valence-electron chi connectivity index (χ3n) is 2.40. The molecule has 0 aromatic rings. The summed E-state index contributed by atoms with van der Waals surface area (Å²) < 4.78 is 10.7. The maximum absolute atomic E-state index is 11.8. The van der Waals surface area contributed by atoms with Crippen molar-refractivity contribution in [2.45, 2.75) is 38.6 Å². The molecule has 2 unspecified atom stereocenters. The first-order valence-corrected chi connectivity index (χ1v) is 5.29. The summed E-state index contributed by atoms with van der Waals surface area (Å²) in [7, 11) is 0. The van der Waals surface area contributed by atoms with Crippen molar-refractivity contribution in [2.75, 3.05) is 19.7 Å². The molecule has 2 atom stereocenters. The Labute approximate surface area is 89.7 Å². The van der Waals surface area contributed by atoms with Crippen LogP contribution in [0.25, 0.3) is 0 Å². The Morgan fingerprint density at radius 1 is 1.47 bits per heavy atom. The average Bonchev–Trinajstić information content (AvgIpc) is 2.42. The molecule has 2 aliphatic heterocycles. The zero-order chi connectivity index (χ0) is 11.1. The van der Waals surface area contributed by atoms with Gasteiger partial charge < -0.3 is 14.4 Å². The van der Waals surface area contributed by atoms with E-state index in [2.05, 4.69) is 5.32 Å². The molecular weight excluding hydrogens is 196 g/mol. The van der Waals surface area contributed by atoms with E-state index in [-0.39, 0.29) is 18.4 Å². The van der Waals surface area contributed by atoms with Gasteiger partial charge in [0.05, 0.1) is 19.2 Å². The van der Waals surface area contributed by atoms with Gasteiger partial charge >= 0.3 is 6.09 Å². The van der Waals surface area contributed by atoms with Gasteiger partial charge in [-0.15, -0.1) is 0 Å². The monoisotopic (exact) mass is 214 g/mol. The van der Waals surface area contributed by atoms with Crippen LogP contribution in [-0.4, -0.2) is 48.6 Å². The third kappa shape index (κ3) is 2.60. The average molecular weight is 214 g/mol. The van der Waals surface area contributed by atoms with E-state index in [0.29, 0.717) is 19.7 Å². The van der Waals surface area contributed by atoms with E-state index in [9.17, 15) is 4.79 Å². The van der Waals surface area contributed by atoms with Crippen LogP contribution in [0.1, 0.15) is 20.8 Å². The molecule has 15 heavy (non-hydrogen) atoms. The minimum Gasteiger partial charge on any atom is -0.444 e. The molecule has 5 nitrogen and oxygen atoms in total. The van der Waals surface area contributed by atoms with Gasteiger partial charge in [-0.25, -0.2) is 4.79 Å². The number of amides is 1. The number of nitrogens with one attached hydrogen (secondary N) is 1. The van der Waals surface area contributed by atoms with Crippen LogP contribution in [0.3, 0.4) is 0 Å². The Hall–Kier alpha value is -0.810. The topological polar surface area (TPSA) is 50.8 Å². The van der Waals surface area contributed by atoms with Crippen molar-refractivity contribution in [1.82, 2.24) is 10.2 Å². The highest BCUT2D eigenvalue weighted by Crippen LogP contribution is 2.16. The predicted octanol–water partition coefficient (Wildman–Crippen LogP) is 0.552. The molecule has 0 saturated carbocycles. The largest absolute Gasteiger partial charge is 0.444 e. The van der Waals surface area contributed by atoms with Gasteiger partial charge in [0.25, 0.3) is 0 Å². The van der Waals surface area contributed by atoms with Crippen molar-refractivity contribution >= 4 is 6.09 Å². The Kier molecular flexibility index (Phi) is 2.60. The zero-order valence-corrected chi connectivity index (χ0v) is 9.45. The van der Waals surface area contributed by atoms with Crippen molar-refractivity contribution in [3.05, 3.63) is 0 Å². The Morgan fingerprint density at radius 3 is 2.80 bits per heavy atom. The summed E-state index contributed by atoms with van der Waals surface area (Å²) in [5, 5.41) is 3.27. The zero-order valence-electron chi connectivity index (χ0n) is 9.45. The fourth-order valence-electron chi connectivity index (χ4n) is 1.82. The van der Waals surface area contributed by atoms with E-state index in [4.69, 9.17) is 9.47 Å². The molecule has 0 aliphatic carbocycles. The van der Waals surface area contributed by atoms with Crippen molar-refractivity contribution in [3.8, 4) is 0 Å². The molecule has 0 aromatic carbocycles. The van der Waals surface area contributed by atoms with Crippen LogP contribution in [-0.2, 0) is 9.47 Å². The molecule has 5 heteroatoms. The SMILES string of the molecule is CC(C)(C)OC(=O)N1CC2COC(C1)N2. The lowest BCUT2D eigenvalue weighted by molar-refractivity contribution is 0.00803. The third-order valence-corrected chi connectivity index (χ3v) is 2.40. The summed E-state index contributed by atoms with van der Waals surface area (Å²) in [6.07, 6.45) is -0.263. The van der Waals surface area contributed by atoms with Crippen LogP contribution < -0.4 is 5.32 Å². The summed E-state index contributed by atoms with van der Waals surface area (Å²) >= 11 is 0. The van der Waals surface area contributed by atoms with E-state index in [1.807, 2.05) is 20.8 Å². The van der Waals surface area contributed by atoms with Gasteiger partial charge in [0.2, 0.25) is 0 Å². The van der Waals surface area contributed by atoms with E-state index in [1.54, 1.807) is 4.90 Å². The second kappa shape index (κ2) is 3.64. The summed E-state index contributed by atoms with van der Waals surface area (Å²) in [6, 6.07) is 0.260. The maximum Gasteiger partial charge on any atom is 0.410 e. The first-order chi connectivity index (χ1) is 6.94. The fraction of sp³-hybridized carbons (Fsp3) is 0.900. The van der Waals surface area contributed by atoms with E-state index < -0.39 is 5.60 Å². The quantitative estimate of drug-likeness (QED) is 0.640. The highest BCUT2D eigenvalue weighted by Gasteiger charge is 2.36. The molecule has 2 rings (SSSR count). The van der Waals surface area contributed by atoms with E-state index in [0.717, 1.165) is 0 Å². The van der Waals surface area contributed by atoms with E-state index in [1.165, 1.54) is 0 Å². The van der Waals surface area contributed by atoms with E-state index >= 15 is 0 Å². The lowest BCUT2D eigenvalue weighted by Crippen LogP contribution is -2.54. The minimum atomic E-state index is -0.429. The summed E-state index contributed by atoms with van der Waals surface area (Å²) in [6.45, 7) is 7.55. The van der Waals surface area contributed by atoms with Crippen LogP contribution in [0.4, 0.5) is 4.79 Å². The second-order valence-electron chi connectivity index (χ2n) is 5.07. The van der Waals surface area contributed by atoms with Crippen molar-refractivity contribution < 1.29 is 14.3 Å². The number of hydrogen-bond acceptors (Lipinski definition) is 4. The number of hydrogen-bond donors (Lipinski definition) is 1. The van der Waals surface area contributed by atoms with Gasteiger partial charge in [-0.05, 0) is 20.8 Å². The molecule has 1 amide bonds. The number of piperazine rings is 1. The van der Waals surface area contributed by atoms with Crippen LogP contribution in [0.15, 0.2) is 0 Å². The summed E-state index contributed by atoms with van der Waals surface area (Å²) in [4.78, 5) is 13.5. The van der Waals surface area contributed by atoms with Crippen molar-refractivity contribution in [2.24, 2.45) is 0 Å². The molecule has 2 heterocycles.